The van der Waals surface area contributed by atoms with Gasteiger partial charge in [-0.1, -0.05) is 19.1 Å². The highest BCUT2D eigenvalue weighted by molar-refractivity contribution is 8.19. The van der Waals surface area contributed by atoms with E-state index in [1.54, 1.807) is 0 Å². The van der Waals surface area contributed by atoms with Crippen LogP contribution in [0.15, 0.2) is 43.0 Å². The van der Waals surface area contributed by atoms with Crippen molar-refractivity contribution < 1.29 is 4.74 Å². The number of rotatable bonds is 6. The Hall–Kier alpha value is -1.07. The molecule has 0 saturated carbocycles. The zero-order valence-electron chi connectivity index (χ0n) is 13.8. The molecule has 2 atom stereocenters. The van der Waals surface area contributed by atoms with Crippen LogP contribution in [0.5, 0.6) is 5.75 Å². The Morgan fingerprint density at radius 3 is 2.83 bits per heavy atom. The summed E-state index contributed by atoms with van der Waals surface area (Å²) >= 11 is 4.23. The number of aromatic nitrogens is 2. The molecule has 2 heterocycles. The Morgan fingerprint density at radius 2 is 2.17 bits per heavy atom. The molecule has 23 heavy (non-hydrogen) atoms. The fourth-order valence-corrected chi connectivity index (χ4v) is 6.90. The van der Waals surface area contributed by atoms with Gasteiger partial charge in [0.15, 0.2) is 0 Å². The van der Waals surface area contributed by atoms with Crippen molar-refractivity contribution in [2.75, 3.05) is 12.4 Å². The summed E-state index contributed by atoms with van der Waals surface area (Å²) in [6.45, 7) is 6.09. The SMILES string of the molecule is CCOc1ccc(CC2(Cn3ccnc3)SCCC(C)S2)cc1. The number of benzene rings is 1. The van der Waals surface area contributed by atoms with E-state index in [9.17, 15) is 0 Å². The van der Waals surface area contributed by atoms with Crippen LogP contribution in [0.4, 0.5) is 0 Å². The van der Waals surface area contributed by atoms with Crippen LogP contribution in [0.1, 0.15) is 25.8 Å². The summed E-state index contributed by atoms with van der Waals surface area (Å²) in [5.74, 6) is 2.19. The maximum absolute atomic E-state index is 5.56. The lowest BCUT2D eigenvalue weighted by Crippen LogP contribution is -2.35. The lowest BCUT2D eigenvalue weighted by atomic mass is 10.1. The molecule has 0 spiro atoms. The van der Waals surface area contributed by atoms with E-state index in [-0.39, 0.29) is 4.08 Å². The fraction of sp³-hybridized carbons (Fsp3) is 0.500. The molecule has 0 amide bonds. The Balaban J connectivity index is 1.77. The van der Waals surface area contributed by atoms with Crippen LogP contribution >= 0.6 is 23.5 Å². The Labute approximate surface area is 147 Å². The molecular weight excluding hydrogens is 324 g/mol. The Kier molecular flexibility index (Phi) is 5.59. The molecule has 1 saturated heterocycles. The predicted molar refractivity (Wildman–Crippen MR) is 100 cm³/mol. The minimum absolute atomic E-state index is 0.186. The van der Waals surface area contributed by atoms with Gasteiger partial charge in [0.25, 0.3) is 0 Å². The average molecular weight is 349 g/mol. The summed E-state index contributed by atoms with van der Waals surface area (Å²) in [7, 11) is 0. The van der Waals surface area contributed by atoms with Gasteiger partial charge in [0.05, 0.1) is 17.0 Å². The molecule has 0 N–H and O–H groups in total. The fourth-order valence-electron chi connectivity index (χ4n) is 2.94. The Bertz CT molecular complexity index is 600. The first-order chi connectivity index (χ1) is 11.2. The highest BCUT2D eigenvalue weighted by atomic mass is 32.2. The van der Waals surface area contributed by atoms with Crippen LogP contribution in [-0.2, 0) is 13.0 Å². The zero-order valence-corrected chi connectivity index (χ0v) is 15.4. The monoisotopic (exact) mass is 348 g/mol. The largest absolute Gasteiger partial charge is 0.494 e. The molecule has 0 aliphatic carbocycles. The first-order valence-electron chi connectivity index (χ1n) is 8.18. The minimum atomic E-state index is 0.186. The summed E-state index contributed by atoms with van der Waals surface area (Å²) in [6.07, 6.45) is 8.23. The van der Waals surface area contributed by atoms with Crippen molar-refractivity contribution >= 4 is 23.5 Å². The van der Waals surface area contributed by atoms with Crippen LogP contribution < -0.4 is 4.74 Å². The standard InChI is InChI=1S/C18H24N2OS2/c1-3-21-17-6-4-16(5-7-17)12-18(13-20-10-9-19-14-20)22-11-8-15(2)23-18/h4-7,9-10,14-15H,3,8,11-13H2,1-2H3. The van der Waals surface area contributed by atoms with Crippen LogP contribution in [0.2, 0.25) is 0 Å². The van der Waals surface area contributed by atoms with Crippen molar-refractivity contribution in [1.29, 1.82) is 0 Å². The predicted octanol–water partition coefficient (Wildman–Crippen LogP) is 4.48. The van der Waals surface area contributed by atoms with Crippen LogP contribution in [0.3, 0.4) is 0 Å². The van der Waals surface area contributed by atoms with E-state index < -0.39 is 0 Å². The van der Waals surface area contributed by atoms with Crippen molar-refractivity contribution in [3.63, 3.8) is 0 Å². The average Bonchev–Trinajstić information content (AvgIpc) is 3.02. The summed E-state index contributed by atoms with van der Waals surface area (Å²) in [5.41, 5.74) is 1.38. The van der Waals surface area contributed by atoms with Gasteiger partial charge in [-0.3, -0.25) is 0 Å². The maximum Gasteiger partial charge on any atom is 0.119 e. The quantitative estimate of drug-likeness (QED) is 0.769. The van der Waals surface area contributed by atoms with E-state index in [4.69, 9.17) is 4.74 Å². The third kappa shape index (κ3) is 4.48. The summed E-state index contributed by atoms with van der Waals surface area (Å²) in [5, 5.41) is 0.711. The molecular formula is C18H24N2OS2. The molecule has 124 valence electrons. The Morgan fingerprint density at radius 1 is 1.35 bits per heavy atom. The zero-order chi connectivity index (χ0) is 16.1. The van der Waals surface area contributed by atoms with Gasteiger partial charge in [0.2, 0.25) is 0 Å². The van der Waals surface area contributed by atoms with E-state index >= 15 is 0 Å². The van der Waals surface area contributed by atoms with Gasteiger partial charge in [0, 0.05) is 24.2 Å². The molecule has 3 nitrogen and oxygen atoms in total. The normalized spacial score (nSPS) is 24.5. The second kappa shape index (κ2) is 7.67. The number of imidazole rings is 1. The molecule has 0 radical (unpaired) electrons. The number of hydrogen-bond donors (Lipinski definition) is 0. The second-order valence-corrected chi connectivity index (χ2v) is 9.52. The lowest BCUT2D eigenvalue weighted by Gasteiger charge is -2.39. The van der Waals surface area contributed by atoms with Gasteiger partial charge in [-0.15, -0.1) is 23.5 Å². The molecule has 1 aliphatic heterocycles. The molecule has 1 aliphatic rings. The molecule has 5 heteroatoms. The number of nitrogens with zero attached hydrogens (tertiary/aromatic N) is 2. The van der Waals surface area contributed by atoms with E-state index in [0.717, 1.165) is 18.7 Å². The number of thioether (sulfide) groups is 2. The number of ether oxygens (including phenoxy) is 1. The van der Waals surface area contributed by atoms with E-state index in [1.165, 1.54) is 17.7 Å². The minimum Gasteiger partial charge on any atom is -0.494 e. The van der Waals surface area contributed by atoms with Crippen LogP contribution in [0.25, 0.3) is 0 Å². The first kappa shape index (κ1) is 16.8. The highest BCUT2D eigenvalue weighted by Crippen LogP contribution is 2.48. The lowest BCUT2D eigenvalue weighted by molar-refractivity contribution is 0.340. The smallest absolute Gasteiger partial charge is 0.119 e. The van der Waals surface area contributed by atoms with Crippen LogP contribution in [-0.4, -0.2) is 31.2 Å². The van der Waals surface area contributed by atoms with Crippen LogP contribution in [0, 0.1) is 0 Å². The molecule has 3 rings (SSSR count). The highest BCUT2D eigenvalue weighted by Gasteiger charge is 2.37. The summed E-state index contributed by atoms with van der Waals surface area (Å²) in [6, 6.07) is 8.60. The number of hydrogen-bond acceptors (Lipinski definition) is 4. The van der Waals surface area contributed by atoms with E-state index in [0.29, 0.717) is 11.9 Å². The molecule has 1 fully saturated rings. The van der Waals surface area contributed by atoms with Gasteiger partial charge in [0.1, 0.15) is 5.75 Å². The van der Waals surface area contributed by atoms with Crippen molar-refractivity contribution in [3.8, 4) is 5.75 Å². The van der Waals surface area contributed by atoms with Crippen molar-refractivity contribution in [1.82, 2.24) is 9.55 Å². The van der Waals surface area contributed by atoms with Gasteiger partial charge >= 0.3 is 0 Å². The van der Waals surface area contributed by atoms with E-state index in [2.05, 4.69) is 70.5 Å². The van der Waals surface area contributed by atoms with E-state index in [1.807, 2.05) is 19.4 Å². The van der Waals surface area contributed by atoms with Gasteiger partial charge in [-0.2, -0.15) is 0 Å². The first-order valence-corrected chi connectivity index (χ1v) is 10.0. The summed E-state index contributed by atoms with van der Waals surface area (Å²) < 4.78 is 7.96. The maximum atomic E-state index is 5.56. The third-order valence-corrected chi connectivity index (χ3v) is 7.22. The molecule has 2 unspecified atom stereocenters. The van der Waals surface area contributed by atoms with Crippen molar-refractivity contribution in [2.45, 2.75) is 42.6 Å². The molecule has 0 bridgehead atoms. The molecule has 1 aromatic heterocycles. The van der Waals surface area contributed by atoms with Crippen molar-refractivity contribution in [3.05, 3.63) is 48.5 Å². The van der Waals surface area contributed by atoms with Gasteiger partial charge < -0.3 is 9.30 Å². The van der Waals surface area contributed by atoms with Gasteiger partial charge in [-0.05, 0) is 43.2 Å². The molecule has 1 aromatic carbocycles. The molecule has 2 aromatic rings. The summed E-state index contributed by atoms with van der Waals surface area (Å²) in [4.78, 5) is 4.20. The van der Waals surface area contributed by atoms with Crippen molar-refractivity contribution in [2.24, 2.45) is 0 Å². The van der Waals surface area contributed by atoms with Gasteiger partial charge in [-0.25, -0.2) is 4.98 Å². The second-order valence-electron chi connectivity index (χ2n) is 5.97. The topological polar surface area (TPSA) is 27.1 Å². The third-order valence-electron chi connectivity index (χ3n) is 4.00.